The Kier molecular flexibility index (Phi) is 6.04. The Labute approximate surface area is 185 Å². The molecule has 2 aromatic carbocycles. The molecule has 0 unspecified atom stereocenters. The number of halogens is 3. The zero-order chi connectivity index (χ0) is 23.1. The number of methoxy groups -OCH3 is 2. The van der Waals surface area contributed by atoms with Crippen molar-refractivity contribution >= 4 is 10.1 Å². The highest BCUT2D eigenvalue weighted by atomic mass is 32.2. The van der Waals surface area contributed by atoms with Gasteiger partial charge in [0.15, 0.2) is 0 Å². The molecular formula is C23H25F3O5S. The van der Waals surface area contributed by atoms with Crippen LogP contribution in [0.25, 0.3) is 0 Å². The Hall–Kier alpha value is -2.42. The monoisotopic (exact) mass is 470 g/mol. The third-order valence-electron chi connectivity index (χ3n) is 6.64. The number of alkyl halides is 3. The van der Waals surface area contributed by atoms with Crippen molar-refractivity contribution < 1.29 is 35.2 Å². The Morgan fingerprint density at radius 1 is 0.906 bits per heavy atom. The molecule has 3 atom stereocenters. The van der Waals surface area contributed by atoms with Gasteiger partial charge in [0.1, 0.15) is 17.2 Å². The second-order valence-electron chi connectivity index (χ2n) is 8.32. The van der Waals surface area contributed by atoms with E-state index in [0.717, 1.165) is 42.6 Å². The highest BCUT2D eigenvalue weighted by molar-refractivity contribution is 7.88. The second-order valence-corrected chi connectivity index (χ2v) is 9.85. The first-order chi connectivity index (χ1) is 15.1. The highest BCUT2D eigenvalue weighted by Gasteiger charge is 2.49. The SMILES string of the molecule is COc1ccc([C@@H]2Cc3c(OS(=O)(=O)C(F)(F)F)cc(OC)cc3[C@@H]3CCCC[C@H]23)cc1. The molecule has 0 saturated heterocycles. The fraction of sp³-hybridized carbons (Fsp3) is 0.478. The van der Waals surface area contributed by atoms with Crippen LogP contribution >= 0.6 is 0 Å². The fourth-order valence-electron chi connectivity index (χ4n) is 5.16. The van der Waals surface area contributed by atoms with Gasteiger partial charge in [0, 0.05) is 11.6 Å². The van der Waals surface area contributed by atoms with Crippen LogP contribution in [0.3, 0.4) is 0 Å². The number of hydrogen-bond donors (Lipinski definition) is 0. The topological polar surface area (TPSA) is 61.8 Å². The molecule has 0 aliphatic heterocycles. The van der Waals surface area contributed by atoms with Gasteiger partial charge in [-0.25, -0.2) is 0 Å². The smallest absolute Gasteiger partial charge is 0.497 e. The molecule has 0 aromatic heterocycles. The molecule has 0 radical (unpaired) electrons. The molecule has 1 fully saturated rings. The first-order valence-corrected chi connectivity index (χ1v) is 11.9. The summed E-state index contributed by atoms with van der Waals surface area (Å²) in [4.78, 5) is 0. The van der Waals surface area contributed by atoms with E-state index in [2.05, 4.69) is 4.18 Å². The van der Waals surface area contributed by atoms with E-state index in [1.54, 1.807) is 7.11 Å². The minimum Gasteiger partial charge on any atom is -0.497 e. The minimum atomic E-state index is -5.80. The molecule has 9 heteroatoms. The van der Waals surface area contributed by atoms with Crippen molar-refractivity contribution in [1.82, 2.24) is 0 Å². The highest BCUT2D eigenvalue weighted by Crippen LogP contribution is 2.54. The lowest BCUT2D eigenvalue weighted by atomic mass is 9.61. The van der Waals surface area contributed by atoms with Gasteiger partial charge in [0.05, 0.1) is 14.2 Å². The summed E-state index contributed by atoms with van der Waals surface area (Å²) in [5, 5.41) is 0. The number of rotatable bonds is 5. The van der Waals surface area contributed by atoms with Gasteiger partial charge in [0.2, 0.25) is 0 Å². The standard InChI is InChI=1S/C23H25F3O5S/c1-29-15-9-7-14(8-10-15)19-13-21-20(18-6-4-3-5-17(18)19)11-16(30-2)12-22(21)31-32(27,28)23(24,25)26/h7-12,17-19H,3-6,13H2,1-2H3/t17-,18+,19-/m0/s1. The molecule has 1 saturated carbocycles. The van der Waals surface area contributed by atoms with E-state index in [9.17, 15) is 21.6 Å². The van der Waals surface area contributed by atoms with E-state index in [-0.39, 0.29) is 23.3 Å². The van der Waals surface area contributed by atoms with E-state index in [4.69, 9.17) is 9.47 Å². The molecule has 174 valence electrons. The lowest BCUT2D eigenvalue weighted by molar-refractivity contribution is -0.0500. The van der Waals surface area contributed by atoms with Gasteiger partial charge >= 0.3 is 15.6 Å². The average Bonchev–Trinajstić information content (AvgIpc) is 2.77. The minimum absolute atomic E-state index is 0.0306. The third-order valence-corrected chi connectivity index (χ3v) is 7.61. The van der Waals surface area contributed by atoms with E-state index in [1.807, 2.05) is 30.3 Å². The summed E-state index contributed by atoms with van der Waals surface area (Å²) in [6.45, 7) is 0. The van der Waals surface area contributed by atoms with Gasteiger partial charge in [-0.05, 0) is 66.3 Å². The van der Waals surface area contributed by atoms with E-state index >= 15 is 0 Å². The van der Waals surface area contributed by atoms with Gasteiger partial charge in [-0.15, -0.1) is 0 Å². The van der Waals surface area contributed by atoms with Crippen LogP contribution < -0.4 is 13.7 Å². The van der Waals surface area contributed by atoms with Gasteiger partial charge in [0.25, 0.3) is 0 Å². The molecular weight excluding hydrogens is 445 g/mol. The molecule has 0 heterocycles. The maximum absolute atomic E-state index is 13.1. The summed E-state index contributed by atoms with van der Waals surface area (Å²) < 4.78 is 78.0. The van der Waals surface area contributed by atoms with Crippen LogP contribution in [-0.4, -0.2) is 28.1 Å². The quantitative estimate of drug-likeness (QED) is 0.424. The summed E-state index contributed by atoms with van der Waals surface area (Å²) in [5.41, 5.74) is -3.14. The van der Waals surface area contributed by atoms with Crippen LogP contribution in [0.2, 0.25) is 0 Å². The van der Waals surface area contributed by atoms with Gasteiger partial charge in [-0.1, -0.05) is 25.0 Å². The van der Waals surface area contributed by atoms with E-state index < -0.39 is 15.6 Å². The Morgan fingerprint density at radius 3 is 2.19 bits per heavy atom. The zero-order valence-electron chi connectivity index (χ0n) is 17.8. The van der Waals surface area contributed by atoms with Crippen LogP contribution in [0.5, 0.6) is 17.2 Å². The van der Waals surface area contributed by atoms with Crippen molar-refractivity contribution in [2.75, 3.05) is 14.2 Å². The van der Waals surface area contributed by atoms with Crippen molar-refractivity contribution in [3.8, 4) is 17.2 Å². The average molecular weight is 471 g/mol. The first kappa shape index (κ1) is 22.8. The van der Waals surface area contributed by atoms with Crippen molar-refractivity contribution in [3.05, 3.63) is 53.1 Å². The normalized spacial score (nSPS) is 23.1. The van der Waals surface area contributed by atoms with Crippen LogP contribution in [0, 0.1) is 5.92 Å². The zero-order valence-corrected chi connectivity index (χ0v) is 18.6. The summed E-state index contributed by atoms with van der Waals surface area (Å²) in [5.74, 6) is 1.11. The maximum atomic E-state index is 13.1. The van der Waals surface area contributed by atoms with Crippen molar-refractivity contribution in [2.24, 2.45) is 5.92 Å². The van der Waals surface area contributed by atoms with Crippen LogP contribution in [-0.2, 0) is 16.5 Å². The maximum Gasteiger partial charge on any atom is 0.534 e. The second kappa shape index (κ2) is 8.50. The van der Waals surface area contributed by atoms with Crippen LogP contribution in [0.15, 0.2) is 36.4 Å². The number of fused-ring (bicyclic) bond motifs is 3. The number of benzene rings is 2. The summed E-state index contributed by atoms with van der Waals surface area (Å²) in [6, 6.07) is 10.7. The lowest BCUT2D eigenvalue weighted by Crippen LogP contribution is -2.32. The number of ether oxygens (including phenoxy) is 2. The molecule has 0 bridgehead atoms. The lowest BCUT2D eigenvalue weighted by Gasteiger charge is -2.43. The molecule has 4 rings (SSSR count). The number of hydrogen-bond acceptors (Lipinski definition) is 5. The molecule has 2 aliphatic rings. The van der Waals surface area contributed by atoms with Crippen molar-refractivity contribution in [2.45, 2.75) is 49.4 Å². The molecule has 5 nitrogen and oxygen atoms in total. The molecule has 2 aromatic rings. The first-order valence-electron chi connectivity index (χ1n) is 10.5. The summed E-state index contributed by atoms with van der Waals surface area (Å²) in [7, 11) is -2.82. The van der Waals surface area contributed by atoms with Crippen molar-refractivity contribution in [3.63, 3.8) is 0 Å². The molecule has 32 heavy (non-hydrogen) atoms. The van der Waals surface area contributed by atoms with E-state index in [0.29, 0.717) is 17.9 Å². The van der Waals surface area contributed by atoms with Crippen molar-refractivity contribution in [1.29, 1.82) is 0 Å². The predicted molar refractivity (Wildman–Crippen MR) is 113 cm³/mol. The Balaban J connectivity index is 1.82. The Morgan fingerprint density at radius 2 is 1.56 bits per heavy atom. The summed E-state index contributed by atoms with van der Waals surface area (Å²) >= 11 is 0. The largest absolute Gasteiger partial charge is 0.534 e. The van der Waals surface area contributed by atoms with Gasteiger partial charge in [-0.3, -0.25) is 0 Å². The summed E-state index contributed by atoms with van der Waals surface area (Å²) in [6.07, 6.45) is 4.34. The Bertz CT molecular complexity index is 1080. The fourth-order valence-corrected chi connectivity index (χ4v) is 5.64. The molecule has 2 aliphatic carbocycles. The van der Waals surface area contributed by atoms with Crippen LogP contribution in [0.4, 0.5) is 13.2 Å². The molecule has 0 amide bonds. The van der Waals surface area contributed by atoms with Gasteiger partial charge < -0.3 is 13.7 Å². The third kappa shape index (κ3) is 4.14. The molecule has 0 N–H and O–H groups in total. The molecule has 0 spiro atoms. The van der Waals surface area contributed by atoms with E-state index in [1.165, 1.54) is 13.2 Å². The predicted octanol–water partition coefficient (Wildman–Crippen LogP) is 5.55. The van der Waals surface area contributed by atoms with Gasteiger partial charge in [-0.2, -0.15) is 21.6 Å². The van der Waals surface area contributed by atoms with Crippen LogP contribution in [0.1, 0.15) is 54.2 Å².